The van der Waals surface area contributed by atoms with E-state index in [4.69, 9.17) is 4.74 Å². The van der Waals surface area contributed by atoms with Gasteiger partial charge in [0.05, 0.1) is 18.3 Å². The molecule has 2 aromatic rings. The molecule has 1 aliphatic heterocycles. The molecule has 2 heterocycles. The number of hydrogen-bond acceptors (Lipinski definition) is 3. The molecule has 104 valence electrons. The lowest BCUT2D eigenvalue weighted by Crippen LogP contribution is -2.38. The molecule has 0 unspecified atom stereocenters. The monoisotopic (exact) mass is 275 g/mol. The lowest BCUT2D eigenvalue weighted by atomic mass is 10.2. The molecule has 5 nitrogen and oxygen atoms in total. The fourth-order valence-corrected chi connectivity index (χ4v) is 2.24. The summed E-state index contributed by atoms with van der Waals surface area (Å²) in [5.41, 5.74) is 0.649. The number of hydrogen-bond donors (Lipinski definition) is 0. The average Bonchev–Trinajstić information content (AvgIpc) is 2.95. The Morgan fingerprint density at radius 3 is 3.10 bits per heavy atom. The van der Waals surface area contributed by atoms with Crippen LogP contribution in [0.4, 0.5) is 10.1 Å². The first kappa shape index (κ1) is 12.7. The molecular weight excluding hydrogens is 261 g/mol. The van der Waals surface area contributed by atoms with Crippen LogP contribution >= 0.6 is 0 Å². The topological polar surface area (TPSA) is 47.4 Å². The molecule has 0 spiro atoms. The predicted molar refractivity (Wildman–Crippen MR) is 71.5 cm³/mol. The zero-order chi connectivity index (χ0) is 14.1. The number of nitrogens with zero attached hydrogens (tertiary/aromatic N) is 3. The smallest absolute Gasteiger partial charge is 0.261 e. The molecule has 0 saturated heterocycles. The van der Waals surface area contributed by atoms with Gasteiger partial charge in [-0.1, -0.05) is 6.07 Å². The fraction of sp³-hybridized carbons (Fsp3) is 0.286. The number of carbonyl (C=O) groups is 1. The third-order valence-electron chi connectivity index (χ3n) is 3.24. The first-order valence-corrected chi connectivity index (χ1v) is 6.46. The van der Waals surface area contributed by atoms with Crippen molar-refractivity contribution in [2.24, 2.45) is 0 Å². The summed E-state index contributed by atoms with van der Waals surface area (Å²) in [6, 6.07) is 4.55. The lowest BCUT2D eigenvalue weighted by Gasteiger charge is -2.29. The number of carbonyl (C=O) groups excluding carboxylic acids is 1. The molecule has 0 atom stereocenters. The Balaban J connectivity index is 1.98. The van der Waals surface area contributed by atoms with E-state index in [1.807, 2.05) is 6.92 Å². The second-order valence-corrected chi connectivity index (χ2v) is 4.48. The van der Waals surface area contributed by atoms with Crippen LogP contribution < -0.4 is 9.64 Å². The molecule has 1 aromatic carbocycles. The van der Waals surface area contributed by atoms with E-state index >= 15 is 0 Å². The van der Waals surface area contributed by atoms with Crippen LogP contribution in [0.3, 0.4) is 0 Å². The van der Waals surface area contributed by atoms with Crippen molar-refractivity contribution in [2.75, 3.05) is 18.1 Å². The van der Waals surface area contributed by atoms with Crippen LogP contribution in [0, 0.1) is 5.82 Å². The van der Waals surface area contributed by atoms with Crippen molar-refractivity contribution in [1.82, 2.24) is 9.78 Å². The molecule has 0 bridgehead atoms. The average molecular weight is 275 g/mol. The van der Waals surface area contributed by atoms with E-state index in [0.717, 1.165) is 0 Å². The maximum absolute atomic E-state index is 14.0. The number of aromatic nitrogens is 2. The highest BCUT2D eigenvalue weighted by Crippen LogP contribution is 2.34. The molecule has 20 heavy (non-hydrogen) atoms. The molecule has 1 aliphatic rings. The quantitative estimate of drug-likeness (QED) is 0.843. The highest BCUT2D eigenvalue weighted by Gasteiger charge is 2.28. The van der Waals surface area contributed by atoms with Gasteiger partial charge >= 0.3 is 0 Å². The molecule has 0 radical (unpaired) electrons. The number of halogens is 1. The molecule has 3 rings (SSSR count). The summed E-state index contributed by atoms with van der Waals surface area (Å²) in [6.07, 6.45) is 3.17. The standard InChI is InChI=1S/C14H14FN3O2/c1-2-17-9-10(8-16-17)14(19)18-6-7-20-12-5-3-4-11(15)13(12)18/h3-5,8-9H,2,6-7H2,1H3. The maximum atomic E-state index is 14.0. The van der Waals surface area contributed by atoms with Crippen molar-refractivity contribution in [1.29, 1.82) is 0 Å². The first-order valence-electron chi connectivity index (χ1n) is 6.46. The van der Waals surface area contributed by atoms with Crippen molar-refractivity contribution >= 4 is 11.6 Å². The van der Waals surface area contributed by atoms with Crippen molar-refractivity contribution in [3.05, 3.63) is 42.0 Å². The number of ether oxygens (including phenoxy) is 1. The van der Waals surface area contributed by atoms with Crippen LogP contribution in [-0.2, 0) is 6.54 Å². The second kappa shape index (κ2) is 4.96. The minimum Gasteiger partial charge on any atom is -0.489 e. The Bertz CT molecular complexity index is 654. The zero-order valence-corrected chi connectivity index (χ0v) is 11.0. The van der Waals surface area contributed by atoms with Crippen molar-refractivity contribution in [3.8, 4) is 5.75 Å². The predicted octanol–water partition coefficient (Wildman–Crippen LogP) is 2.08. The molecule has 0 fully saturated rings. The number of aryl methyl sites for hydroxylation is 1. The summed E-state index contributed by atoms with van der Waals surface area (Å²) in [6.45, 7) is 3.29. The summed E-state index contributed by atoms with van der Waals surface area (Å²) >= 11 is 0. The van der Waals surface area contributed by atoms with E-state index in [1.165, 1.54) is 17.2 Å². The zero-order valence-electron chi connectivity index (χ0n) is 11.0. The normalized spacial score (nSPS) is 13.8. The number of para-hydroxylation sites is 1. The van der Waals surface area contributed by atoms with Gasteiger partial charge in [-0.15, -0.1) is 0 Å². The van der Waals surface area contributed by atoms with Crippen molar-refractivity contribution < 1.29 is 13.9 Å². The minimum absolute atomic E-state index is 0.202. The van der Waals surface area contributed by atoms with Gasteiger partial charge < -0.3 is 4.74 Å². The molecule has 0 N–H and O–H groups in total. The summed E-state index contributed by atoms with van der Waals surface area (Å²) in [7, 11) is 0. The maximum Gasteiger partial charge on any atom is 0.261 e. The molecule has 0 aliphatic carbocycles. The van der Waals surface area contributed by atoms with Crippen molar-refractivity contribution in [2.45, 2.75) is 13.5 Å². The summed E-state index contributed by atoms with van der Waals surface area (Å²) < 4.78 is 21.0. The van der Waals surface area contributed by atoms with E-state index in [1.54, 1.807) is 23.0 Å². The third kappa shape index (κ3) is 2.03. The number of benzene rings is 1. The minimum atomic E-state index is -0.460. The van der Waals surface area contributed by atoms with Crippen LogP contribution in [0.1, 0.15) is 17.3 Å². The molecule has 1 aromatic heterocycles. The van der Waals surface area contributed by atoms with Gasteiger partial charge in [0, 0.05) is 12.7 Å². The number of rotatable bonds is 2. The molecular formula is C14H14FN3O2. The largest absolute Gasteiger partial charge is 0.489 e. The lowest BCUT2D eigenvalue weighted by molar-refractivity contribution is 0.0975. The van der Waals surface area contributed by atoms with Crippen LogP contribution in [0.25, 0.3) is 0 Å². The Labute approximate surface area is 115 Å². The number of fused-ring (bicyclic) bond motifs is 1. The number of anilines is 1. The SMILES string of the molecule is CCn1cc(C(=O)N2CCOc3cccc(F)c32)cn1. The van der Waals surface area contributed by atoms with E-state index in [2.05, 4.69) is 5.10 Å². The fourth-order valence-electron chi connectivity index (χ4n) is 2.24. The van der Waals surface area contributed by atoms with Crippen LogP contribution in [0.5, 0.6) is 5.75 Å². The van der Waals surface area contributed by atoms with E-state index in [9.17, 15) is 9.18 Å². The van der Waals surface area contributed by atoms with Gasteiger partial charge in [0.15, 0.2) is 5.82 Å². The number of amides is 1. The molecule has 0 saturated carbocycles. The Hall–Kier alpha value is -2.37. The second-order valence-electron chi connectivity index (χ2n) is 4.48. The highest BCUT2D eigenvalue weighted by molar-refractivity contribution is 6.06. The summed E-state index contributed by atoms with van der Waals surface area (Å²) in [4.78, 5) is 13.9. The van der Waals surface area contributed by atoms with E-state index in [-0.39, 0.29) is 11.6 Å². The van der Waals surface area contributed by atoms with Gasteiger partial charge in [0.1, 0.15) is 18.0 Å². The Morgan fingerprint density at radius 1 is 1.50 bits per heavy atom. The summed E-state index contributed by atoms with van der Waals surface area (Å²) in [5, 5.41) is 4.07. The van der Waals surface area contributed by atoms with Gasteiger partial charge in [-0.25, -0.2) is 4.39 Å². The van der Waals surface area contributed by atoms with Gasteiger partial charge in [-0.3, -0.25) is 14.4 Å². The van der Waals surface area contributed by atoms with Gasteiger partial charge in [-0.2, -0.15) is 5.10 Å². The first-order chi connectivity index (χ1) is 9.70. The van der Waals surface area contributed by atoms with Gasteiger partial charge in [0.25, 0.3) is 5.91 Å². The van der Waals surface area contributed by atoms with Crippen LogP contribution in [0.2, 0.25) is 0 Å². The van der Waals surface area contributed by atoms with Crippen LogP contribution in [-0.4, -0.2) is 28.8 Å². The van der Waals surface area contributed by atoms with E-state index in [0.29, 0.717) is 31.0 Å². The van der Waals surface area contributed by atoms with E-state index < -0.39 is 5.82 Å². The van der Waals surface area contributed by atoms with Crippen molar-refractivity contribution in [3.63, 3.8) is 0 Å². The summed E-state index contributed by atoms with van der Waals surface area (Å²) in [5.74, 6) is -0.328. The Kier molecular flexibility index (Phi) is 3.14. The molecule has 1 amide bonds. The third-order valence-corrected chi connectivity index (χ3v) is 3.24. The van der Waals surface area contributed by atoms with Crippen LogP contribution in [0.15, 0.2) is 30.6 Å². The molecule has 6 heteroatoms. The highest BCUT2D eigenvalue weighted by atomic mass is 19.1. The van der Waals surface area contributed by atoms with Gasteiger partial charge in [0.2, 0.25) is 0 Å². The Morgan fingerprint density at radius 2 is 2.35 bits per heavy atom. The van der Waals surface area contributed by atoms with Gasteiger partial charge in [-0.05, 0) is 19.1 Å².